The Morgan fingerprint density at radius 1 is 1.00 bits per heavy atom. The molecule has 1 rings (SSSR count). The highest BCUT2D eigenvalue weighted by Gasteiger charge is 2.17. The first kappa shape index (κ1) is 10.2. The molecule has 0 saturated carbocycles. The Kier molecular flexibility index (Phi) is 2.84. The molecule has 0 spiro atoms. The second-order valence-electron chi connectivity index (χ2n) is 2.53. The van der Waals surface area contributed by atoms with Gasteiger partial charge in [0.05, 0.1) is 11.6 Å². The minimum Gasteiger partial charge on any atom is -0.438 e. The van der Waals surface area contributed by atoms with Crippen molar-refractivity contribution in [3.05, 3.63) is 35.4 Å². The van der Waals surface area contributed by atoms with Crippen molar-refractivity contribution in [2.24, 2.45) is 0 Å². The van der Waals surface area contributed by atoms with Crippen LogP contribution in [0.25, 0.3) is 0 Å². The van der Waals surface area contributed by atoms with Gasteiger partial charge in [0.25, 0.3) is 0 Å². The van der Waals surface area contributed by atoms with Crippen LogP contribution >= 0.6 is 0 Å². The molecule has 0 N–H and O–H groups in total. The standard InChI is InChI=1S/C9H4BF3N/c11-10(12,13)6-5-8-1-3-9(7-14)4-2-8/h1-4H/q-1. The minimum absolute atomic E-state index is 0.253. The zero-order valence-electron chi connectivity index (χ0n) is 6.97. The van der Waals surface area contributed by atoms with Crippen molar-refractivity contribution >= 4 is 6.98 Å². The van der Waals surface area contributed by atoms with Crippen molar-refractivity contribution in [2.75, 3.05) is 0 Å². The highest BCUT2D eigenvalue weighted by molar-refractivity contribution is 6.67. The molecule has 0 heterocycles. The van der Waals surface area contributed by atoms with Crippen LogP contribution in [0.5, 0.6) is 0 Å². The molecule has 5 heteroatoms. The number of halogens is 3. The fourth-order valence-electron chi connectivity index (χ4n) is 0.793. The number of rotatable bonds is 0. The molecule has 0 aliphatic rings. The van der Waals surface area contributed by atoms with E-state index >= 15 is 0 Å². The quantitative estimate of drug-likeness (QED) is 0.459. The molecule has 0 atom stereocenters. The summed E-state index contributed by atoms with van der Waals surface area (Å²) in [6.45, 7) is -5.07. The number of nitriles is 1. The number of hydrogen-bond acceptors (Lipinski definition) is 1. The number of hydrogen-bond donors (Lipinski definition) is 0. The topological polar surface area (TPSA) is 23.8 Å². The molecule has 0 radical (unpaired) electrons. The lowest BCUT2D eigenvalue weighted by Gasteiger charge is -2.02. The summed E-state index contributed by atoms with van der Waals surface area (Å²) in [5, 5.41) is 8.42. The van der Waals surface area contributed by atoms with Crippen LogP contribution in [-0.4, -0.2) is 6.98 Å². The highest BCUT2D eigenvalue weighted by Crippen LogP contribution is 2.07. The first-order chi connectivity index (χ1) is 6.51. The van der Waals surface area contributed by atoms with Crippen LogP contribution in [0.2, 0.25) is 0 Å². The summed E-state index contributed by atoms with van der Waals surface area (Å²) in [5.74, 6) is 3.18. The Morgan fingerprint density at radius 3 is 1.93 bits per heavy atom. The molecular formula is C9H4BF3N-. The second kappa shape index (κ2) is 3.89. The van der Waals surface area contributed by atoms with E-state index in [0.29, 0.717) is 5.56 Å². The normalized spacial score (nSPS) is 9.86. The number of nitrogens with zero attached hydrogens (tertiary/aromatic N) is 1. The van der Waals surface area contributed by atoms with Crippen LogP contribution in [0.15, 0.2) is 24.3 Å². The van der Waals surface area contributed by atoms with Gasteiger partial charge in [0.15, 0.2) is 0 Å². The summed E-state index contributed by atoms with van der Waals surface area (Å²) in [4.78, 5) is 0. The molecule has 0 aliphatic carbocycles. The molecule has 0 aliphatic heterocycles. The van der Waals surface area contributed by atoms with Crippen LogP contribution in [0, 0.1) is 23.1 Å². The Hall–Kier alpha value is -1.88. The molecule has 0 fully saturated rings. The molecule has 1 aromatic carbocycles. The third kappa shape index (κ3) is 3.24. The molecular weight excluding hydrogens is 190 g/mol. The molecule has 0 aromatic heterocycles. The van der Waals surface area contributed by atoms with Crippen molar-refractivity contribution in [2.45, 2.75) is 0 Å². The van der Waals surface area contributed by atoms with Crippen LogP contribution in [0.4, 0.5) is 12.9 Å². The van der Waals surface area contributed by atoms with Gasteiger partial charge in [-0.15, -0.1) is 5.92 Å². The van der Waals surface area contributed by atoms with E-state index in [0.717, 1.165) is 0 Å². The fraction of sp³-hybridized carbons (Fsp3) is 0. The summed E-state index contributed by atoms with van der Waals surface area (Å²) in [6, 6.07) is 7.47. The third-order valence-corrected chi connectivity index (χ3v) is 1.39. The van der Waals surface area contributed by atoms with E-state index < -0.39 is 6.98 Å². The third-order valence-electron chi connectivity index (χ3n) is 1.39. The Labute approximate surface area is 79.2 Å². The lowest BCUT2D eigenvalue weighted by atomic mass is 9.93. The van der Waals surface area contributed by atoms with Gasteiger partial charge < -0.3 is 12.9 Å². The van der Waals surface area contributed by atoms with E-state index in [1.165, 1.54) is 30.1 Å². The van der Waals surface area contributed by atoms with Gasteiger partial charge in [-0.05, 0) is 24.3 Å². The SMILES string of the molecule is N#Cc1ccc(C#C[B-](F)(F)F)cc1. The van der Waals surface area contributed by atoms with Crippen LogP contribution < -0.4 is 0 Å². The van der Waals surface area contributed by atoms with Crippen LogP contribution in [-0.2, 0) is 0 Å². The number of benzene rings is 1. The zero-order valence-corrected chi connectivity index (χ0v) is 6.97. The Balaban J connectivity index is 2.89. The predicted octanol–water partition coefficient (Wildman–Crippen LogP) is 2.30. The maximum absolute atomic E-state index is 11.7. The first-order valence-corrected chi connectivity index (χ1v) is 3.74. The van der Waals surface area contributed by atoms with Crippen molar-refractivity contribution < 1.29 is 12.9 Å². The van der Waals surface area contributed by atoms with Gasteiger partial charge in [0.1, 0.15) is 0 Å². The summed E-state index contributed by atoms with van der Waals surface area (Å²) < 4.78 is 35.2. The van der Waals surface area contributed by atoms with Gasteiger partial charge in [-0.3, -0.25) is 0 Å². The van der Waals surface area contributed by atoms with Crippen molar-refractivity contribution in [3.63, 3.8) is 0 Å². The lowest BCUT2D eigenvalue weighted by molar-refractivity contribution is 0.504. The minimum atomic E-state index is -5.07. The van der Waals surface area contributed by atoms with Gasteiger partial charge in [-0.25, -0.2) is 0 Å². The van der Waals surface area contributed by atoms with E-state index in [4.69, 9.17) is 5.26 Å². The van der Waals surface area contributed by atoms with E-state index in [1.807, 2.05) is 12.0 Å². The van der Waals surface area contributed by atoms with Crippen LogP contribution in [0.1, 0.15) is 11.1 Å². The zero-order chi connectivity index (χ0) is 10.6. The van der Waals surface area contributed by atoms with Gasteiger partial charge in [0.2, 0.25) is 0 Å². The van der Waals surface area contributed by atoms with E-state index in [9.17, 15) is 12.9 Å². The highest BCUT2D eigenvalue weighted by atomic mass is 19.4. The largest absolute Gasteiger partial charge is 0.558 e. The van der Waals surface area contributed by atoms with E-state index in [1.54, 1.807) is 0 Å². The molecule has 0 amide bonds. The van der Waals surface area contributed by atoms with Gasteiger partial charge in [0, 0.05) is 5.56 Å². The van der Waals surface area contributed by atoms with Crippen molar-refractivity contribution in [3.8, 4) is 17.8 Å². The summed E-state index contributed by atoms with van der Waals surface area (Å²) in [5.41, 5.74) is 0.649. The fourth-order valence-corrected chi connectivity index (χ4v) is 0.793. The lowest BCUT2D eigenvalue weighted by Crippen LogP contribution is -2.10. The summed E-state index contributed by atoms with van der Waals surface area (Å²) in [6.07, 6.45) is 0. The van der Waals surface area contributed by atoms with Gasteiger partial charge in [-0.2, -0.15) is 11.1 Å². The molecule has 14 heavy (non-hydrogen) atoms. The van der Waals surface area contributed by atoms with Crippen molar-refractivity contribution in [1.82, 2.24) is 0 Å². The van der Waals surface area contributed by atoms with Crippen LogP contribution in [0.3, 0.4) is 0 Å². The average Bonchev–Trinajstić information content (AvgIpc) is 2.14. The Morgan fingerprint density at radius 2 is 1.50 bits per heavy atom. The monoisotopic (exact) mass is 194 g/mol. The summed E-state index contributed by atoms with van der Waals surface area (Å²) >= 11 is 0. The summed E-state index contributed by atoms with van der Waals surface area (Å²) in [7, 11) is 0. The average molecular weight is 194 g/mol. The smallest absolute Gasteiger partial charge is 0.438 e. The molecule has 0 unspecified atom stereocenters. The molecule has 1 nitrogen and oxygen atoms in total. The van der Waals surface area contributed by atoms with Gasteiger partial charge >= 0.3 is 6.98 Å². The molecule has 0 saturated heterocycles. The van der Waals surface area contributed by atoms with Crippen molar-refractivity contribution in [1.29, 1.82) is 5.26 Å². The second-order valence-corrected chi connectivity index (χ2v) is 2.53. The van der Waals surface area contributed by atoms with E-state index in [-0.39, 0.29) is 5.56 Å². The van der Waals surface area contributed by atoms with Gasteiger partial charge in [-0.1, -0.05) is 0 Å². The molecule has 1 aromatic rings. The Bertz CT molecular complexity index is 417. The predicted molar refractivity (Wildman–Crippen MR) is 47.1 cm³/mol. The first-order valence-electron chi connectivity index (χ1n) is 3.74. The maximum atomic E-state index is 11.7. The van der Waals surface area contributed by atoms with E-state index in [2.05, 4.69) is 0 Å². The molecule has 70 valence electrons. The molecule has 0 bridgehead atoms. The maximum Gasteiger partial charge on any atom is 0.558 e.